The number of thiophene rings is 1. The van der Waals surface area contributed by atoms with Crippen LogP contribution in [-0.2, 0) is 20.7 Å². The van der Waals surface area contributed by atoms with Gasteiger partial charge >= 0.3 is 5.97 Å². The van der Waals surface area contributed by atoms with Crippen LogP contribution in [0, 0.1) is 0 Å². The van der Waals surface area contributed by atoms with E-state index in [0.29, 0.717) is 13.0 Å². The maximum atomic E-state index is 11.8. The summed E-state index contributed by atoms with van der Waals surface area (Å²) in [6.07, 6.45) is 5.64. The van der Waals surface area contributed by atoms with Crippen molar-refractivity contribution >= 4 is 40.2 Å². The molecule has 128 valence electrons. The minimum absolute atomic E-state index is 0.277. The number of benzene rings is 1. The molecule has 0 aliphatic carbocycles. The van der Waals surface area contributed by atoms with E-state index in [4.69, 9.17) is 4.74 Å². The Morgan fingerprint density at radius 1 is 1.24 bits per heavy atom. The van der Waals surface area contributed by atoms with Gasteiger partial charge in [0.05, 0.1) is 0 Å². The van der Waals surface area contributed by atoms with Crippen molar-refractivity contribution in [2.45, 2.75) is 6.42 Å². The van der Waals surface area contributed by atoms with E-state index >= 15 is 0 Å². The smallest absolute Gasteiger partial charge is 0.331 e. The van der Waals surface area contributed by atoms with Crippen LogP contribution in [-0.4, -0.2) is 30.0 Å². The molecule has 3 aromatic rings. The lowest BCUT2D eigenvalue weighted by molar-refractivity contribution is -0.143. The zero-order valence-corrected chi connectivity index (χ0v) is 14.3. The second-order valence-corrected chi connectivity index (χ2v) is 6.24. The molecule has 5 nitrogen and oxygen atoms in total. The largest absolute Gasteiger partial charge is 0.452 e. The number of esters is 1. The van der Waals surface area contributed by atoms with Gasteiger partial charge in [-0.1, -0.05) is 18.2 Å². The van der Waals surface area contributed by atoms with Gasteiger partial charge in [0, 0.05) is 29.7 Å². The van der Waals surface area contributed by atoms with E-state index in [2.05, 4.69) is 10.3 Å². The van der Waals surface area contributed by atoms with Crippen molar-refractivity contribution in [1.29, 1.82) is 0 Å². The number of nitrogens with one attached hydrogen (secondary N) is 2. The SMILES string of the molecule is O=C(COC(=O)/C=C/c1ccsc1)NCCc1c[nH]c2ccccc12. The highest BCUT2D eigenvalue weighted by Crippen LogP contribution is 2.17. The number of aromatic nitrogens is 1. The van der Waals surface area contributed by atoms with Gasteiger partial charge in [0.15, 0.2) is 6.61 Å². The summed E-state index contributed by atoms with van der Waals surface area (Å²) in [5.41, 5.74) is 3.16. The molecule has 0 aliphatic heterocycles. The number of carbonyl (C=O) groups excluding carboxylic acids is 2. The Morgan fingerprint density at radius 2 is 2.12 bits per heavy atom. The molecule has 0 bridgehead atoms. The van der Waals surface area contributed by atoms with Crippen molar-refractivity contribution in [3.8, 4) is 0 Å². The fraction of sp³-hybridized carbons (Fsp3) is 0.158. The average Bonchev–Trinajstić information content (AvgIpc) is 3.28. The minimum Gasteiger partial charge on any atom is -0.452 e. The number of H-pyrrole nitrogens is 1. The molecule has 0 radical (unpaired) electrons. The van der Waals surface area contributed by atoms with E-state index < -0.39 is 5.97 Å². The Balaban J connectivity index is 1.39. The summed E-state index contributed by atoms with van der Waals surface area (Å²) in [5.74, 6) is -0.838. The number of hydrogen-bond donors (Lipinski definition) is 2. The van der Waals surface area contributed by atoms with Crippen molar-refractivity contribution in [3.05, 3.63) is 64.5 Å². The predicted octanol–water partition coefficient (Wildman–Crippen LogP) is 3.14. The third-order valence-electron chi connectivity index (χ3n) is 3.69. The van der Waals surface area contributed by atoms with E-state index in [0.717, 1.165) is 22.0 Å². The summed E-state index contributed by atoms with van der Waals surface area (Å²) in [4.78, 5) is 26.5. The van der Waals surface area contributed by atoms with Crippen LogP contribution in [0.2, 0.25) is 0 Å². The molecule has 3 rings (SSSR count). The standard InChI is InChI=1S/C19H18N2O3S/c22-18(12-24-19(23)6-5-14-8-10-25-13-14)20-9-7-15-11-21-17-4-2-1-3-16(15)17/h1-6,8,10-11,13,21H,7,9,12H2,(H,20,22)/b6-5+. The van der Waals surface area contributed by atoms with E-state index in [1.54, 1.807) is 17.4 Å². The summed E-state index contributed by atoms with van der Waals surface area (Å²) >= 11 is 1.55. The molecule has 0 saturated carbocycles. The molecule has 2 aromatic heterocycles. The first-order chi connectivity index (χ1) is 12.2. The third kappa shape index (κ3) is 4.81. The number of amides is 1. The summed E-state index contributed by atoms with van der Waals surface area (Å²) < 4.78 is 4.92. The third-order valence-corrected chi connectivity index (χ3v) is 4.39. The minimum atomic E-state index is -0.530. The van der Waals surface area contributed by atoms with Crippen molar-refractivity contribution in [2.75, 3.05) is 13.2 Å². The number of hydrogen-bond acceptors (Lipinski definition) is 4. The molecule has 1 aromatic carbocycles. The van der Waals surface area contributed by atoms with Crippen LogP contribution < -0.4 is 5.32 Å². The van der Waals surface area contributed by atoms with Crippen molar-refractivity contribution in [1.82, 2.24) is 10.3 Å². The molecule has 0 unspecified atom stereocenters. The topological polar surface area (TPSA) is 71.2 Å². The number of fused-ring (bicyclic) bond motifs is 1. The molecule has 25 heavy (non-hydrogen) atoms. The van der Waals surface area contributed by atoms with Crippen molar-refractivity contribution < 1.29 is 14.3 Å². The van der Waals surface area contributed by atoms with Gasteiger partial charge in [-0.3, -0.25) is 4.79 Å². The van der Waals surface area contributed by atoms with Crippen LogP contribution in [0.15, 0.2) is 53.4 Å². The van der Waals surface area contributed by atoms with Gasteiger partial charge in [-0.25, -0.2) is 4.79 Å². The number of carbonyl (C=O) groups is 2. The Hall–Kier alpha value is -2.86. The first-order valence-corrected chi connectivity index (χ1v) is 8.85. The van der Waals surface area contributed by atoms with Crippen molar-refractivity contribution in [3.63, 3.8) is 0 Å². The van der Waals surface area contributed by atoms with Gasteiger partial charge < -0.3 is 15.0 Å². The lowest BCUT2D eigenvalue weighted by Gasteiger charge is -2.05. The number of ether oxygens (including phenoxy) is 1. The molecule has 0 aliphatic rings. The molecular weight excluding hydrogens is 336 g/mol. The molecule has 2 N–H and O–H groups in total. The second kappa shape index (κ2) is 8.30. The summed E-state index contributed by atoms with van der Waals surface area (Å²) in [5, 5.41) is 7.75. The van der Waals surface area contributed by atoms with Gasteiger partial charge in [-0.05, 0) is 46.5 Å². The van der Waals surface area contributed by atoms with Gasteiger partial charge in [0.25, 0.3) is 5.91 Å². The van der Waals surface area contributed by atoms with E-state index in [1.165, 1.54) is 6.08 Å². The fourth-order valence-corrected chi connectivity index (χ4v) is 3.07. The monoisotopic (exact) mass is 354 g/mol. The summed E-state index contributed by atoms with van der Waals surface area (Å²) in [7, 11) is 0. The Morgan fingerprint density at radius 3 is 2.96 bits per heavy atom. The lowest BCUT2D eigenvalue weighted by atomic mass is 10.1. The van der Waals surface area contributed by atoms with Crippen LogP contribution in [0.4, 0.5) is 0 Å². The zero-order chi connectivity index (χ0) is 17.5. The van der Waals surface area contributed by atoms with E-state index in [-0.39, 0.29) is 12.5 Å². The van der Waals surface area contributed by atoms with Crippen LogP contribution in [0.5, 0.6) is 0 Å². The Labute approximate surface area is 149 Å². The highest BCUT2D eigenvalue weighted by Gasteiger charge is 2.06. The first kappa shape index (κ1) is 17.0. The van der Waals surface area contributed by atoms with E-state index in [1.807, 2.05) is 47.3 Å². The molecule has 1 amide bonds. The molecule has 6 heteroatoms. The fourth-order valence-electron chi connectivity index (χ4n) is 2.44. The van der Waals surface area contributed by atoms with Gasteiger partial charge in [-0.15, -0.1) is 0 Å². The number of rotatable bonds is 7. The maximum Gasteiger partial charge on any atom is 0.331 e. The van der Waals surface area contributed by atoms with Gasteiger partial charge in [-0.2, -0.15) is 11.3 Å². The van der Waals surface area contributed by atoms with Gasteiger partial charge in [0.2, 0.25) is 0 Å². The lowest BCUT2D eigenvalue weighted by Crippen LogP contribution is -2.30. The zero-order valence-electron chi connectivity index (χ0n) is 13.5. The number of aromatic amines is 1. The van der Waals surface area contributed by atoms with E-state index in [9.17, 15) is 9.59 Å². The summed E-state index contributed by atoms with van der Waals surface area (Å²) in [6, 6.07) is 9.92. The first-order valence-electron chi connectivity index (χ1n) is 7.91. The van der Waals surface area contributed by atoms with Gasteiger partial charge in [0.1, 0.15) is 0 Å². The molecule has 0 atom stereocenters. The van der Waals surface area contributed by atoms with Crippen LogP contribution in [0.3, 0.4) is 0 Å². The van der Waals surface area contributed by atoms with Crippen molar-refractivity contribution in [2.24, 2.45) is 0 Å². The van der Waals surface area contributed by atoms with Crippen LogP contribution in [0.25, 0.3) is 17.0 Å². The predicted molar refractivity (Wildman–Crippen MR) is 99.3 cm³/mol. The molecule has 2 heterocycles. The van der Waals surface area contributed by atoms with Crippen LogP contribution in [0.1, 0.15) is 11.1 Å². The highest BCUT2D eigenvalue weighted by atomic mass is 32.1. The molecule has 0 saturated heterocycles. The average molecular weight is 354 g/mol. The number of para-hydroxylation sites is 1. The molecular formula is C19H18N2O3S. The second-order valence-electron chi connectivity index (χ2n) is 5.46. The normalized spacial score (nSPS) is 11.0. The Kier molecular flexibility index (Phi) is 5.64. The Bertz CT molecular complexity index is 881. The molecule has 0 spiro atoms. The molecule has 0 fully saturated rings. The maximum absolute atomic E-state index is 11.8. The summed E-state index contributed by atoms with van der Waals surface area (Å²) in [6.45, 7) is 0.212. The van der Waals surface area contributed by atoms with Crippen LogP contribution >= 0.6 is 11.3 Å². The highest BCUT2D eigenvalue weighted by molar-refractivity contribution is 7.08. The quantitative estimate of drug-likeness (QED) is 0.506.